The van der Waals surface area contributed by atoms with Gasteiger partial charge in [0.1, 0.15) is 17.4 Å². The van der Waals surface area contributed by atoms with E-state index in [-0.39, 0.29) is 17.2 Å². The molecule has 0 aliphatic heterocycles. The zero-order chi connectivity index (χ0) is 32.0. The first-order chi connectivity index (χ1) is 21.6. The largest absolute Gasteiger partial charge is 0.444 e. The predicted octanol–water partition coefficient (Wildman–Crippen LogP) is 5.56. The molecule has 1 aromatic carbocycles. The van der Waals surface area contributed by atoms with E-state index in [1.165, 1.54) is 4.80 Å². The minimum Gasteiger partial charge on any atom is -0.444 e. The van der Waals surface area contributed by atoms with Gasteiger partial charge in [-0.1, -0.05) is 30.3 Å². The van der Waals surface area contributed by atoms with Gasteiger partial charge in [-0.3, -0.25) is 4.98 Å². The van der Waals surface area contributed by atoms with Crippen molar-refractivity contribution in [3.63, 3.8) is 0 Å². The highest BCUT2D eigenvalue weighted by Gasteiger charge is 2.37. The van der Waals surface area contributed by atoms with E-state index in [4.69, 9.17) is 9.47 Å². The maximum Gasteiger partial charge on any atom is 0.407 e. The van der Waals surface area contributed by atoms with Crippen LogP contribution in [0.1, 0.15) is 56.9 Å². The molecule has 3 atom stereocenters. The van der Waals surface area contributed by atoms with E-state index >= 15 is 4.39 Å². The molecule has 0 bridgehead atoms. The number of carbonyl (C=O) groups is 1. The van der Waals surface area contributed by atoms with Gasteiger partial charge in [0.2, 0.25) is 0 Å². The molecular formula is C32H36FN9O3. The van der Waals surface area contributed by atoms with E-state index in [1.807, 2.05) is 43.3 Å². The third-order valence-electron chi connectivity index (χ3n) is 7.20. The van der Waals surface area contributed by atoms with E-state index in [0.29, 0.717) is 36.5 Å². The summed E-state index contributed by atoms with van der Waals surface area (Å²) >= 11 is 0. The smallest absolute Gasteiger partial charge is 0.407 e. The number of ether oxygens (including phenoxy) is 2. The number of carbonyl (C=O) groups excluding carboxylic acids is 1. The van der Waals surface area contributed by atoms with Crippen LogP contribution >= 0.6 is 0 Å². The zero-order valence-corrected chi connectivity index (χ0v) is 25.6. The summed E-state index contributed by atoms with van der Waals surface area (Å²) in [4.78, 5) is 23.1. The van der Waals surface area contributed by atoms with Gasteiger partial charge in [-0.25, -0.2) is 14.2 Å². The van der Waals surface area contributed by atoms with E-state index in [0.717, 1.165) is 18.1 Å². The fourth-order valence-corrected chi connectivity index (χ4v) is 5.13. The second-order valence-electron chi connectivity index (χ2n) is 11.8. The van der Waals surface area contributed by atoms with Gasteiger partial charge in [0.15, 0.2) is 17.5 Å². The molecule has 13 heteroatoms. The van der Waals surface area contributed by atoms with Crippen LogP contribution in [-0.4, -0.2) is 54.8 Å². The number of benzene rings is 1. The Morgan fingerprint density at radius 3 is 2.60 bits per heavy atom. The van der Waals surface area contributed by atoms with Gasteiger partial charge in [0.25, 0.3) is 0 Å². The van der Waals surface area contributed by atoms with Crippen molar-refractivity contribution in [2.75, 3.05) is 10.6 Å². The Morgan fingerprint density at radius 2 is 1.89 bits per heavy atom. The number of hydrogen-bond acceptors (Lipinski definition) is 10. The average molecular weight is 614 g/mol. The molecule has 1 aliphatic rings. The Bertz CT molecular complexity index is 1650. The Morgan fingerprint density at radius 1 is 1.13 bits per heavy atom. The zero-order valence-electron chi connectivity index (χ0n) is 25.6. The van der Waals surface area contributed by atoms with Crippen molar-refractivity contribution in [1.82, 2.24) is 30.3 Å². The summed E-state index contributed by atoms with van der Waals surface area (Å²) in [5.41, 5.74) is 2.12. The third kappa shape index (κ3) is 8.10. The van der Waals surface area contributed by atoms with Gasteiger partial charge >= 0.3 is 6.09 Å². The number of anilines is 3. The Hall–Kier alpha value is -5.09. The van der Waals surface area contributed by atoms with E-state index in [2.05, 4.69) is 36.1 Å². The summed E-state index contributed by atoms with van der Waals surface area (Å²) in [7, 11) is 0. The van der Waals surface area contributed by atoms with Crippen molar-refractivity contribution in [3.8, 4) is 11.8 Å². The standard InChI is InChI=1S/C32H36FN9O3/c1-20-26(42-36-13-14-37-42)16-23(18-35-20)38-29-22(17-34)15-24(33)30(41-29)40-28-25(39-31(43)45-32(2,3)4)11-8-12-27(28)44-19-21-9-6-5-7-10-21/h5-7,9-10,13-16,18,25,27-28H,8,11-12,19H2,1-4H3,(H,39,43)(H2,38,40,41)/t25-,27-,28-/m0/s1. The van der Waals surface area contributed by atoms with Crippen LogP contribution in [0.2, 0.25) is 0 Å². The van der Waals surface area contributed by atoms with Gasteiger partial charge in [-0.2, -0.15) is 15.5 Å². The van der Waals surface area contributed by atoms with Gasteiger partial charge in [0, 0.05) is 0 Å². The van der Waals surface area contributed by atoms with Crippen molar-refractivity contribution in [3.05, 3.63) is 83.7 Å². The molecule has 3 N–H and O–H groups in total. The summed E-state index contributed by atoms with van der Waals surface area (Å²) in [6, 6.07) is 13.6. The quantitative estimate of drug-likeness (QED) is 0.219. The molecule has 45 heavy (non-hydrogen) atoms. The van der Waals surface area contributed by atoms with Crippen molar-refractivity contribution >= 4 is 23.4 Å². The van der Waals surface area contributed by atoms with Gasteiger partial charge in [-0.15, -0.1) is 4.80 Å². The highest BCUT2D eigenvalue weighted by molar-refractivity contribution is 5.69. The lowest BCUT2D eigenvalue weighted by Gasteiger charge is -2.39. The summed E-state index contributed by atoms with van der Waals surface area (Å²) in [5, 5.41) is 27.4. The Kier molecular flexibility index (Phi) is 9.53. The minimum absolute atomic E-state index is 0.00124. The molecule has 4 aromatic rings. The summed E-state index contributed by atoms with van der Waals surface area (Å²) in [6.07, 6.45) is 5.80. The molecule has 0 spiro atoms. The van der Waals surface area contributed by atoms with Crippen LogP contribution in [0.4, 0.5) is 26.5 Å². The van der Waals surface area contributed by atoms with Crippen LogP contribution in [0.15, 0.2) is 61.1 Å². The number of aryl methyl sites for hydroxylation is 1. The van der Waals surface area contributed by atoms with Crippen molar-refractivity contribution < 1.29 is 18.7 Å². The fraction of sp³-hybridized carbons (Fsp3) is 0.375. The fourth-order valence-electron chi connectivity index (χ4n) is 5.13. The second kappa shape index (κ2) is 13.7. The van der Waals surface area contributed by atoms with Gasteiger partial charge < -0.3 is 25.4 Å². The molecule has 1 saturated carbocycles. The van der Waals surface area contributed by atoms with E-state index in [9.17, 15) is 10.1 Å². The number of amides is 1. The monoisotopic (exact) mass is 613 g/mol. The number of alkyl carbamates (subject to hydrolysis) is 1. The highest BCUT2D eigenvalue weighted by Crippen LogP contribution is 2.30. The lowest BCUT2D eigenvalue weighted by molar-refractivity contribution is -0.00338. The number of halogens is 1. The average Bonchev–Trinajstić information content (AvgIpc) is 3.54. The lowest BCUT2D eigenvalue weighted by atomic mass is 9.87. The molecule has 1 amide bonds. The van der Waals surface area contributed by atoms with Gasteiger partial charge in [-0.05, 0) is 64.7 Å². The molecule has 1 fully saturated rings. The van der Waals surface area contributed by atoms with Crippen LogP contribution in [0.3, 0.4) is 0 Å². The van der Waals surface area contributed by atoms with Crippen LogP contribution < -0.4 is 16.0 Å². The summed E-state index contributed by atoms with van der Waals surface area (Å²) in [5.74, 6) is -0.689. The molecule has 234 valence electrons. The molecule has 5 rings (SSSR count). The number of nitriles is 1. The summed E-state index contributed by atoms with van der Waals surface area (Å²) in [6.45, 7) is 7.53. The first kappa shape index (κ1) is 31.3. The third-order valence-corrected chi connectivity index (χ3v) is 7.20. The van der Waals surface area contributed by atoms with Gasteiger partial charge in [0.05, 0.1) is 60.3 Å². The molecular weight excluding hydrogens is 577 g/mol. The van der Waals surface area contributed by atoms with E-state index in [1.54, 1.807) is 45.4 Å². The molecule has 0 unspecified atom stereocenters. The molecule has 0 radical (unpaired) electrons. The summed E-state index contributed by atoms with van der Waals surface area (Å²) < 4.78 is 27.4. The SMILES string of the molecule is Cc1ncc(Nc2nc(N[C@H]3[C@@H](NC(=O)OC(C)(C)C)CCC[C@@H]3OCc3ccccc3)c(F)cc2C#N)cc1-n1nccn1. The molecule has 1 aliphatic carbocycles. The normalized spacial score (nSPS) is 18.1. The highest BCUT2D eigenvalue weighted by atomic mass is 19.1. The van der Waals surface area contributed by atoms with Crippen LogP contribution in [0.25, 0.3) is 5.69 Å². The number of pyridine rings is 2. The topological polar surface area (TPSA) is 152 Å². The maximum atomic E-state index is 15.5. The van der Waals surface area contributed by atoms with Crippen molar-refractivity contribution in [1.29, 1.82) is 5.26 Å². The predicted molar refractivity (Wildman–Crippen MR) is 166 cm³/mol. The number of rotatable bonds is 9. The molecule has 0 saturated heterocycles. The van der Waals surface area contributed by atoms with Crippen LogP contribution in [0.5, 0.6) is 0 Å². The Labute approximate surface area is 261 Å². The maximum absolute atomic E-state index is 15.5. The van der Waals surface area contributed by atoms with Crippen molar-refractivity contribution in [2.24, 2.45) is 0 Å². The molecule has 12 nitrogen and oxygen atoms in total. The lowest BCUT2D eigenvalue weighted by Crippen LogP contribution is -2.56. The second-order valence-corrected chi connectivity index (χ2v) is 11.8. The minimum atomic E-state index is -0.719. The Balaban J connectivity index is 1.43. The number of nitrogens with zero attached hydrogens (tertiary/aromatic N) is 6. The molecule has 3 heterocycles. The van der Waals surface area contributed by atoms with Crippen molar-refractivity contribution in [2.45, 2.75) is 77.4 Å². The number of aromatic nitrogens is 5. The van der Waals surface area contributed by atoms with Crippen LogP contribution in [0, 0.1) is 24.1 Å². The first-order valence-electron chi connectivity index (χ1n) is 14.7. The number of hydrogen-bond donors (Lipinski definition) is 3. The molecule has 3 aromatic heterocycles. The van der Waals surface area contributed by atoms with E-state index < -0.39 is 35.7 Å². The van der Waals surface area contributed by atoms with Crippen LogP contribution in [-0.2, 0) is 16.1 Å². The number of nitrogens with one attached hydrogen (secondary N) is 3. The first-order valence-corrected chi connectivity index (χ1v) is 14.7.